The second kappa shape index (κ2) is 4.40. The number of rotatable bonds is 2. The van der Waals surface area contributed by atoms with Crippen LogP contribution in [0.25, 0.3) is 0 Å². The minimum Gasteiger partial charge on any atom is -0.381 e. The predicted molar refractivity (Wildman–Crippen MR) is 64.4 cm³/mol. The largest absolute Gasteiger partial charge is 0.381 e. The summed E-state index contributed by atoms with van der Waals surface area (Å²) in [5.41, 5.74) is 9.73. The quantitative estimate of drug-likeness (QED) is 0.818. The molecule has 0 unspecified atom stereocenters. The number of fused-ring (bicyclic) bond motifs is 1. The Bertz CT molecular complexity index is 409. The maximum Gasteiger partial charge on any atom is 0.0813 e. The van der Waals surface area contributed by atoms with Gasteiger partial charge >= 0.3 is 0 Å². The van der Waals surface area contributed by atoms with E-state index in [1.807, 2.05) is 0 Å². The van der Waals surface area contributed by atoms with Gasteiger partial charge in [0.1, 0.15) is 0 Å². The third kappa shape index (κ3) is 1.88. The Kier molecular flexibility index (Phi) is 2.90. The Morgan fingerprint density at radius 3 is 2.82 bits per heavy atom. The van der Waals surface area contributed by atoms with Crippen molar-refractivity contribution < 1.29 is 4.74 Å². The Balaban J connectivity index is 1.92. The molecule has 1 saturated heterocycles. The topological polar surface area (TPSA) is 56.3 Å². The summed E-state index contributed by atoms with van der Waals surface area (Å²) in [5, 5.41) is 4.78. The third-order valence-electron chi connectivity index (χ3n) is 3.78. The highest BCUT2D eigenvalue weighted by Crippen LogP contribution is 2.29. The Hall–Kier alpha value is -0.910. The molecule has 0 amide bonds. The van der Waals surface area contributed by atoms with Crippen molar-refractivity contribution in [1.29, 1.82) is 0 Å². The van der Waals surface area contributed by atoms with Crippen molar-refractivity contribution in [2.45, 2.75) is 38.5 Å². The second-order valence-electron chi connectivity index (χ2n) is 5.04. The van der Waals surface area contributed by atoms with Gasteiger partial charge in [0.05, 0.1) is 17.4 Å². The Morgan fingerprint density at radius 2 is 2.12 bits per heavy atom. The molecule has 17 heavy (non-hydrogen) atoms. The average Bonchev–Trinajstić information content (AvgIpc) is 2.85. The molecule has 3 heterocycles. The number of hydrogen-bond acceptors (Lipinski definition) is 4. The van der Waals surface area contributed by atoms with Gasteiger partial charge in [0, 0.05) is 38.4 Å². The molecular weight excluding hydrogens is 216 g/mol. The van der Waals surface area contributed by atoms with E-state index in [0.717, 1.165) is 39.1 Å². The van der Waals surface area contributed by atoms with E-state index in [9.17, 15) is 0 Å². The summed E-state index contributed by atoms with van der Waals surface area (Å²) in [7, 11) is 2.13. The summed E-state index contributed by atoms with van der Waals surface area (Å²) in [6.07, 6.45) is 2.12. The fraction of sp³-hybridized carbons (Fsp3) is 0.750. The van der Waals surface area contributed by atoms with Crippen LogP contribution in [0.15, 0.2) is 0 Å². The van der Waals surface area contributed by atoms with E-state index in [2.05, 4.69) is 16.6 Å². The van der Waals surface area contributed by atoms with Gasteiger partial charge in [-0.1, -0.05) is 0 Å². The standard InChI is InChI=1S/C12H20N4O/c1-15-7-10-11(8-15)14-16(12(10)6-13)9-2-4-17-5-3-9/h9H,2-8,13H2,1H3. The molecule has 0 atom stereocenters. The lowest BCUT2D eigenvalue weighted by Crippen LogP contribution is -2.24. The highest BCUT2D eigenvalue weighted by atomic mass is 16.5. The zero-order chi connectivity index (χ0) is 11.8. The molecule has 1 fully saturated rings. The molecule has 3 rings (SSSR count). The van der Waals surface area contributed by atoms with Crippen LogP contribution < -0.4 is 5.73 Å². The van der Waals surface area contributed by atoms with Crippen LogP contribution in [0.3, 0.4) is 0 Å². The van der Waals surface area contributed by atoms with E-state index in [0.29, 0.717) is 12.6 Å². The first kappa shape index (κ1) is 11.2. The van der Waals surface area contributed by atoms with E-state index in [4.69, 9.17) is 15.6 Å². The van der Waals surface area contributed by atoms with Crippen LogP contribution in [-0.2, 0) is 24.4 Å². The lowest BCUT2D eigenvalue weighted by Gasteiger charge is -2.24. The van der Waals surface area contributed by atoms with Gasteiger partial charge in [-0.2, -0.15) is 5.10 Å². The molecule has 2 N–H and O–H groups in total. The smallest absolute Gasteiger partial charge is 0.0813 e. The molecule has 0 bridgehead atoms. The van der Waals surface area contributed by atoms with Crippen LogP contribution in [0, 0.1) is 0 Å². The fourth-order valence-electron chi connectivity index (χ4n) is 2.90. The van der Waals surface area contributed by atoms with Crippen molar-refractivity contribution in [1.82, 2.24) is 14.7 Å². The zero-order valence-corrected chi connectivity index (χ0v) is 10.4. The maximum atomic E-state index is 5.91. The molecule has 0 radical (unpaired) electrons. The molecule has 94 valence electrons. The van der Waals surface area contributed by atoms with Crippen LogP contribution >= 0.6 is 0 Å². The summed E-state index contributed by atoms with van der Waals surface area (Å²) in [5.74, 6) is 0. The fourth-order valence-corrected chi connectivity index (χ4v) is 2.90. The van der Waals surface area contributed by atoms with Gasteiger partial charge in [0.15, 0.2) is 0 Å². The van der Waals surface area contributed by atoms with Crippen LogP contribution in [0.1, 0.15) is 35.8 Å². The molecule has 2 aliphatic rings. The van der Waals surface area contributed by atoms with E-state index in [1.54, 1.807) is 0 Å². The molecule has 0 saturated carbocycles. The van der Waals surface area contributed by atoms with Crippen LogP contribution in [-0.4, -0.2) is 34.9 Å². The minimum absolute atomic E-state index is 0.484. The molecule has 5 nitrogen and oxygen atoms in total. The second-order valence-corrected chi connectivity index (χ2v) is 5.04. The number of nitrogens with zero attached hydrogens (tertiary/aromatic N) is 3. The molecule has 2 aliphatic heterocycles. The molecule has 1 aromatic rings. The molecule has 1 aromatic heterocycles. The lowest BCUT2D eigenvalue weighted by molar-refractivity contribution is 0.0651. The van der Waals surface area contributed by atoms with Crippen LogP contribution in [0.2, 0.25) is 0 Å². The molecule has 0 aromatic carbocycles. The Labute approximate surface area is 102 Å². The molecule has 0 aliphatic carbocycles. The van der Waals surface area contributed by atoms with Gasteiger partial charge in [-0.15, -0.1) is 0 Å². The van der Waals surface area contributed by atoms with Crippen molar-refractivity contribution >= 4 is 0 Å². The van der Waals surface area contributed by atoms with Gasteiger partial charge < -0.3 is 10.5 Å². The van der Waals surface area contributed by atoms with Crippen molar-refractivity contribution in [2.24, 2.45) is 5.73 Å². The van der Waals surface area contributed by atoms with E-state index >= 15 is 0 Å². The summed E-state index contributed by atoms with van der Waals surface area (Å²) >= 11 is 0. The number of nitrogens with two attached hydrogens (primary N) is 1. The number of aromatic nitrogens is 2. The average molecular weight is 236 g/mol. The van der Waals surface area contributed by atoms with Crippen molar-refractivity contribution in [3.05, 3.63) is 17.0 Å². The number of ether oxygens (including phenoxy) is 1. The summed E-state index contributed by atoms with van der Waals surface area (Å²) in [6.45, 7) is 4.23. The Morgan fingerprint density at radius 1 is 1.35 bits per heavy atom. The minimum atomic E-state index is 0.484. The first-order valence-corrected chi connectivity index (χ1v) is 6.35. The monoisotopic (exact) mass is 236 g/mol. The SMILES string of the molecule is CN1Cc2nn(C3CCOCC3)c(CN)c2C1. The van der Waals surface area contributed by atoms with Crippen LogP contribution in [0.4, 0.5) is 0 Å². The van der Waals surface area contributed by atoms with E-state index in [1.165, 1.54) is 17.0 Å². The van der Waals surface area contributed by atoms with Crippen LogP contribution in [0.5, 0.6) is 0 Å². The van der Waals surface area contributed by atoms with Gasteiger partial charge in [0.2, 0.25) is 0 Å². The summed E-state index contributed by atoms with van der Waals surface area (Å²) in [4.78, 5) is 2.28. The lowest BCUT2D eigenvalue weighted by atomic mass is 10.1. The van der Waals surface area contributed by atoms with Crippen molar-refractivity contribution in [2.75, 3.05) is 20.3 Å². The van der Waals surface area contributed by atoms with Gasteiger partial charge in [-0.3, -0.25) is 9.58 Å². The highest BCUT2D eigenvalue weighted by Gasteiger charge is 2.28. The maximum absolute atomic E-state index is 5.91. The highest BCUT2D eigenvalue weighted by molar-refractivity contribution is 5.30. The van der Waals surface area contributed by atoms with Crippen molar-refractivity contribution in [3.63, 3.8) is 0 Å². The third-order valence-corrected chi connectivity index (χ3v) is 3.78. The van der Waals surface area contributed by atoms with E-state index < -0.39 is 0 Å². The number of hydrogen-bond donors (Lipinski definition) is 1. The predicted octanol–water partition coefficient (Wildman–Crippen LogP) is 0.639. The normalized spacial score (nSPS) is 22.0. The van der Waals surface area contributed by atoms with E-state index in [-0.39, 0.29) is 0 Å². The summed E-state index contributed by atoms with van der Waals surface area (Å²) < 4.78 is 7.59. The van der Waals surface area contributed by atoms with Gasteiger partial charge in [-0.25, -0.2) is 0 Å². The molecule has 0 spiro atoms. The first-order chi connectivity index (χ1) is 8.29. The zero-order valence-electron chi connectivity index (χ0n) is 10.4. The van der Waals surface area contributed by atoms with Crippen molar-refractivity contribution in [3.8, 4) is 0 Å². The summed E-state index contributed by atoms with van der Waals surface area (Å²) in [6, 6.07) is 0.484. The molecular formula is C12H20N4O. The van der Waals surface area contributed by atoms with Gasteiger partial charge in [-0.05, 0) is 19.9 Å². The van der Waals surface area contributed by atoms with Gasteiger partial charge in [0.25, 0.3) is 0 Å². The molecule has 5 heteroatoms. The first-order valence-electron chi connectivity index (χ1n) is 6.35.